The highest BCUT2D eigenvalue weighted by atomic mass is 35.5. The Morgan fingerprint density at radius 3 is 2.61 bits per heavy atom. The fourth-order valence-corrected chi connectivity index (χ4v) is 1.63. The van der Waals surface area contributed by atoms with E-state index in [0.29, 0.717) is 18.1 Å². The summed E-state index contributed by atoms with van der Waals surface area (Å²) in [5, 5.41) is 0.691. The van der Waals surface area contributed by atoms with Gasteiger partial charge in [-0.25, -0.2) is 0 Å². The number of rotatable bonds is 7. The Labute approximate surface area is 112 Å². The molecule has 1 atom stereocenters. The first-order valence-electron chi connectivity index (χ1n) is 5.75. The van der Waals surface area contributed by atoms with E-state index in [4.69, 9.17) is 21.1 Å². The Balaban J connectivity index is 2.51. The zero-order valence-corrected chi connectivity index (χ0v) is 11.2. The average Bonchev–Trinajstić information content (AvgIpc) is 2.34. The molecule has 4 heteroatoms. The molecule has 0 aliphatic heterocycles. The molecular formula is C14H17ClO3. The highest BCUT2D eigenvalue weighted by Crippen LogP contribution is 2.23. The molecule has 98 valence electrons. The van der Waals surface area contributed by atoms with Gasteiger partial charge in [-0.1, -0.05) is 29.8 Å². The Morgan fingerprint density at radius 1 is 1.39 bits per heavy atom. The van der Waals surface area contributed by atoms with Gasteiger partial charge in [-0.3, -0.25) is 4.79 Å². The molecule has 0 heterocycles. The van der Waals surface area contributed by atoms with E-state index < -0.39 is 0 Å². The predicted octanol–water partition coefficient (Wildman–Crippen LogP) is 3.54. The van der Waals surface area contributed by atoms with E-state index in [1.54, 1.807) is 6.08 Å². The molecule has 1 aromatic carbocycles. The Morgan fingerprint density at radius 2 is 2.06 bits per heavy atom. The quantitative estimate of drug-likeness (QED) is 0.431. The molecule has 0 saturated carbocycles. The minimum Gasteiger partial charge on any atom is -0.463 e. The van der Waals surface area contributed by atoms with Crippen molar-refractivity contribution in [3.05, 3.63) is 47.5 Å². The lowest BCUT2D eigenvalue weighted by atomic mass is 10.1. The fraction of sp³-hybridized carbons (Fsp3) is 0.357. The molecule has 0 bridgehead atoms. The normalized spacial score (nSPS) is 11.9. The third kappa shape index (κ3) is 5.34. The summed E-state index contributed by atoms with van der Waals surface area (Å²) in [7, 11) is 0. The molecule has 1 rings (SSSR count). The van der Waals surface area contributed by atoms with E-state index in [2.05, 4.69) is 6.58 Å². The molecule has 0 aliphatic rings. The lowest BCUT2D eigenvalue weighted by molar-refractivity contribution is -0.143. The minimum atomic E-state index is -0.301. The largest absolute Gasteiger partial charge is 0.463 e. The van der Waals surface area contributed by atoms with Gasteiger partial charge in [-0.05, 0) is 24.1 Å². The Kier molecular flexibility index (Phi) is 6.47. The van der Waals surface area contributed by atoms with E-state index >= 15 is 0 Å². The molecule has 0 radical (unpaired) electrons. The van der Waals surface area contributed by atoms with E-state index in [1.165, 1.54) is 6.92 Å². The molecule has 0 fully saturated rings. The van der Waals surface area contributed by atoms with Crippen LogP contribution in [0.4, 0.5) is 0 Å². The molecule has 0 amide bonds. The average molecular weight is 269 g/mol. The second kappa shape index (κ2) is 7.90. The van der Waals surface area contributed by atoms with Crippen molar-refractivity contribution in [1.29, 1.82) is 0 Å². The summed E-state index contributed by atoms with van der Waals surface area (Å²) in [5.41, 5.74) is 1.03. The third-order valence-corrected chi connectivity index (χ3v) is 2.58. The molecule has 0 aromatic heterocycles. The molecule has 0 spiro atoms. The number of carbonyl (C=O) groups is 1. The van der Waals surface area contributed by atoms with E-state index in [-0.39, 0.29) is 18.7 Å². The number of carbonyl (C=O) groups excluding carboxylic acids is 1. The summed E-state index contributed by atoms with van der Waals surface area (Å²) in [6, 6.07) is 7.48. The van der Waals surface area contributed by atoms with Gasteiger partial charge in [0.05, 0.1) is 12.7 Å². The number of hydrogen-bond donors (Lipinski definition) is 0. The first-order chi connectivity index (χ1) is 8.63. The van der Waals surface area contributed by atoms with Crippen molar-refractivity contribution in [2.24, 2.45) is 0 Å². The Bertz CT molecular complexity index is 387. The lowest BCUT2D eigenvalue weighted by Gasteiger charge is -2.16. The monoisotopic (exact) mass is 268 g/mol. The highest BCUT2D eigenvalue weighted by Gasteiger charge is 2.10. The maximum atomic E-state index is 10.6. The van der Waals surface area contributed by atoms with Crippen LogP contribution in [0.2, 0.25) is 5.02 Å². The van der Waals surface area contributed by atoms with Crippen molar-refractivity contribution in [3.63, 3.8) is 0 Å². The lowest BCUT2D eigenvalue weighted by Crippen LogP contribution is -2.11. The van der Waals surface area contributed by atoms with Gasteiger partial charge in [0.1, 0.15) is 6.61 Å². The maximum Gasteiger partial charge on any atom is 0.302 e. The number of benzene rings is 1. The molecule has 0 N–H and O–H groups in total. The van der Waals surface area contributed by atoms with Crippen molar-refractivity contribution >= 4 is 17.6 Å². The van der Waals surface area contributed by atoms with Crippen LogP contribution in [0.1, 0.15) is 25.0 Å². The zero-order valence-electron chi connectivity index (χ0n) is 10.4. The van der Waals surface area contributed by atoms with Crippen molar-refractivity contribution in [2.75, 3.05) is 13.2 Å². The van der Waals surface area contributed by atoms with Crippen LogP contribution in [0.25, 0.3) is 0 Å². The van der Waals surface area contributed by atoms with Gasteiger partial charge >= 0.3 is 5.97 Å². The first kappa shape index (κ1) is 14.7. The summed E-state index contributed by atoms with van der Waals surface area (Å²) in [4.78, 5) is 10.6. The van der Waals surface area contributed by atoms with E-state index in [9.17, 15) is 4.79 Å². The van der Waals surface area contributed by atoms with Gasteiger partial charge in [-0.15, -0.1) is 6.58 Å². The van der Waals surface area contributed by atoms with Crippen molar-refractivity contribution in [2.45, 2.75) is 19.4 Å². The summed E-state index contributed by atoms with van der Waals surface area (Å²) in [6.07, 6.45) is 2.41. The van der Waals surface area contributed by atoms with Crippen LogP contribution in [0.15, 0.2) is 36.9 Å². The van der Waals surface area contributed by atoms with Crippen LogP contribution < -0.4 is 0 Å². The van der Waals surface area contributed by atoms with Crippen molar-refractivity contribution in [3.8, 4) is 0 Å². The minimum absolute atomic E-state index is 0.0877. The molecule has 0 aliphatic carbocycles. The van der Waals surface area contributed by atoms with Gasteiger partial charge < -0.3 is 9.47 Å². The summed E-state index contributed by atoms with van der Waals surface area (Å²) >= 11 is 5.84. The summed E-state index contributed by atoms with van der Waals surface area (Å²) in [5.74, 6) is -0.301. The van der Waals surface area contributed by atoms with Crippen LogP contribution in [-0.4, -0.2) is 19.2 Å². The zero-order chi connectivity index (χ0) is 13.4. The van der Waals surface area contributed by atoms with Crippen molar-refractivity contribution in [1.82, 2.24) is 0 Å². The van der Waals surface area contributed by atoms with Gasteiger partial charge in [0.2, 0.25) is 0 Å². The highest BCUT2D eigenvalue weighted by molar-refractivity contribution is 6.30. The van der Waals surface area contributed by atoms with Gasteiger partial charge in [0.25, 0.3) is 0 Å². The first-order valence-corrected chi connectivity index (χ1v) is 6.12. The number of hydrogen-bond acceptors (Lipinski definition) is 3. The van der Waals surface area contributed by atoms with Crippen LogP contribution in [-0.2, 0) is 14.3 Å². The number of ether oxygens (including phenoxy) is 2. The van der Waals surface area contributed by atoms with Crippen molar-refractivity contribution < 1.29 is 14.3 Å². The van der Waals surface area contributed by atoms with Crippen LogP contribution >= 0.6 is 11.6 Å². The molecular weight excluding hydrogens is 252 g/mol. The number of esters is 1. The predicted molar refractivity (Wildman–Crippen MR) is 71.6 cm³/mol. The smallest absolute Gasteiger partial charge is 0.302 e. The van der Waals surface area contributed by atoms with Crippen LogP contribution in [0.5, 0.6) is 0 Å². The second-order valence-electron chi connectivity index (χ2n) is 3.78. The second-order valence-corrected chi connectivity index (χ2v) is 4.21. The SMILES string of the molecule is C=CCC(OCCOC(C)=O)c1ccc(Cl)cc1. The molecule has 1 unspecified atom stereocenters. The van der Waals surface area contributed by atoms with E-state index in [0.717, 1.165) is 5.56 Å². The molecule has 18 heavy (non-hydrogen) atoms. The Hall–Kier alpha value is -1.32. The third-order valence-electron chi connectivity index (χ3n) is 2.33. The maximum absolute atomic E-state index is 10.6. The van der Waals surface area contributed by atoms with Gasteiger partial charge in [0, 0.05) is 11.9 Å². The molecule has 1 aromatic rings. The standard InChI is InChI=1S/C14H17ClO3/c1-3-4-14(18-10-9-17-11(2)16)12-5-7-13(15)8-6-12/h3,5-8,14H,1,4,9-10H2,2H3. The van der Waals surface area contributed by atoms with Crippen LogP contribution in [0.3, 0.4) is 0 Å². The molecule has 3 nitrogen and oxygen atoms in total. The summed E-state index contributed by atoms with van der Waals surface area (Å²) < 4.78 is 10.5. The number of halogens is 1. The van der Waals surface area contributed by atoms with Crippen LogP contribution in [0, 0.1) is 0 Å². The molecule has 0 saturated heterocycles. The van der Waals surface area contributed by atoms with Gasteiger partial charge in [-0.2, -0.15) is 0 Å². The summed E-state index contributed by atoms with van der Waals surface area (Å²) in [6.45, 7) is 5.71. The van der Waals surface area contributed by atoms with E-state index in [1.807, 2.05) is 24.3 Å². The fourth-order valence-electron chi connectivity index (χ4n) is 1.50. The topological polar surface area (TPSA) is 35.5 Å². The van der Waals surface area contributed by atoms with Gasteiger partial charge in [0.15, 0.2) is 0 Å².